The number of rotatable bonds is 4. The molecule has 0 unspecified atom stereocenters. The van der Waals surface area contributed by atoms with Crippen molar-refractivity contribution < 1.29 is 14.3 Å². The maximum absolute atomic E-state index is 11.0. The zero-order chi connectivity index (χ0) is 14.8. The van der Waals surface area contributed by atoms with Crippen LogP contribution in [0.4, 0.5) is 5.69 Å². The molecule has 1 aromatic heterocycles. The van der Waals surface area contributed by atoms with Crippen LogP contribution in [-0.4, -0.2) is 11.1 Å². The number of benzene rings is 1. The monoisotopic (exact) mass is 273 g/mol. The van der Waals surface area contributed by atoms with E-state index in [1.165, 1.54) is 17.9 Å². The van der Waals surface area contributed by atoms with E-state index in [0.717, 1.165) is 5.69 Å². The molecule has 0 saturated carbocycles. The Bertz CT molecular complexity index is 608. The number of hydrogen-bond acceptors (Lipinski definition) is 3. The summed E-state index contributed by atoms with van der Waals surface area (Å²) < 4.78 is 5.23. The van der Waals surface area contributed by atoms with E-state index in [0.29, 0.717) is 12.3 Å². The molecule has 1 aromatic carbocycles. The highest BCUT2D eigenvalue weighted by Crippen LogP contribution is 2.29. The van der Waals surface area contributed by atoms with Gasteiger partial charge < -0.3 is 14.8 Å². The number of hydrogen-bond donors (Lipinski definition) is 2. The molecule has 0 bridgehead atoms. The van der Waals surface area contributed by atoms with E-state index < -0.39 is 5.97 Å². The second-order valence-corrected chi connectivity index (χ2v) is 5.71. The fourth-order valence-electron chi connectivity index (χ4n) is 2.13. The van der Waals surface area contributed by atoms with Crippen LogP contribution in [0, 0.1) is 0 Å². The summed E-state index contributed by atoms with van der Waals surface area (Å²) in [5, 5.41) is 12.3. The first-order valence-corrected chi connectivity index (χ1v) is 6.52. The molecule has 0 aliphatic heterocycles. The fourth-order valence-corrected chi connectivity index (χ4v) is 2.13. The van der Waals surface area contributed by atoms with Gasteiger partial charge in [0.1, 0.15) is 11.3 Å². The standard InChI is InChI=1S/C16H19NO3/c1-16(2,3)12-6-4-5-7-13(12)17-10-14-11(15(18)19)8-9-20-14/h4-9,17H,10H2,1-3H3,(H,18,19). The highest BCUT2D eigenvalue weighted by atomic mass is 16.4. The molecule has 20 heavy (non-hydrogen) atoms. The summed E-state index contributed by atoms with van der Waals surface area (Å²) in [5.74, 6) is -0.541. The lowest BCUT2D eigenvalue weighted by atomic mass is 9.86. The third-order valence-electron chi connectivity index (χ3n) is 3.15. The summed E-state index contributed by atoms with van der Waals surface area (Å²) >= 11 is 0. The van der Waals surface area contributed by atoms with E-state index in [1.54, 1.807) is 0 Å². The number of para-hydroxylation sites is 1. The summed E-state index contributed by atoms with van der Waals surface area (Å²) in [7, 11) is 0. The van der Waals surface area contributed by atoms with Crippen LogP contribution >= 0.6 is 0 Å². The van der Waals surface area contributed by atoms with Gasteiger partial charge in [-0.05, 0) is 23.1 Å². The average Bonchev–Trinajstić information content (AvgIpc) is 2.84. The Morgan fingerprint density at radius 3 is 2.60 bits per heavy atom. The van der Waals surface area contributed by atoms with E-state index in [-0.39, 0.29) is 11.0 Å². The van der Waals surface area contributed by atoms with Gasteiger partial charge in [-0.2, -0.15) is 0 Å². The largest absolute Gasteiger partial charge is 0.478 e. The minimum absolute atomic E-state index is 0.0163. The van der Waals surface area contributed by atoms with Gasteiger partial charge >= 0.3 is 5.97 Å². The van der Waals surface area contributed by atoms with Crippen molar-refractivity contribution in [1.29, 1.82) is 0 Å². The highest BCUT2D eigenvalue weighted by Gasteiger charge is 2.18. The van der Waals surface area contributed by atoms with Crippen LogP contribution in [0.3, 0.4) is 0 Å². The van der Waals surface area contributed by atoms with Crippen molar-refractivity contribution in [2.75, 3.05) is 5.32 Å². The molecule has 0 fully saturated rings. The van der Waals surface area contributed by atoms with E-state index >= 15 is 0 Å². The van der Waals surface area contributed by atoms with E-state index in [9.17, 15) is 4.79 Å². The third-order valence-corrected chi connectivity index (χ3v) is 3.15. The molecular weight excluding hydrogens is 254 g/mol. The molecule has 0 spiro atoms. The van der Waals surface area contributed by atoms with Crippen molar-refractivity contribution in [2.24, 2.45) is 0 Å². The summed E-state index contributed by atoms with van der Waals surface area (Å²) in [6, 6.07) is 9.49. The average molecular weight is 273 g/mol. The molecule has 0 aliphatic rings. The van der Waals surface area contributed by atoms with Gasteiger partial charge in [0.25, 0.3) is 0 Å². The van der Waals surface area contributed by atoms with Crippen LogP contribution in [-0.2, 0) is 12.0 Å². The number of carboxylic acids is 1. The number of aromatic carboxylic acids is 1. The first-order chi connectivity index (χ1) is 9.39. The first kappa shape index (κ1) is 14.2. The Morgan fingerprint density at radius 1 is 1.25 bits per heavy atom. The maximum atomic E-state index is 11.0. The number of anilines is 1. The smallest absolute Gasteiger partial charge is 0.339 e. The molecule has 0 aliphatic carbocycles. The normalized spacial score (nSPS) is 11.3. The van der Waals surface area contributed by atoms with Crippen molar-refractivity contribution in [3.63, 3.8) is 0 Å². The van der Waals surface area contributed by atoms with Gasteiger partial charge in [0.05, 0.1) is 12.8 Å². The van der Waals surface area contributed by atoms with Crippen molar-refractivity contribution >= 4 is 11.7 Å². The number of nitrogens with one attached hydrogen (secondary N) is 1. The van der Waals surface area contributed by atoms with Gasteiger partial charge in [0, 0.05) is 5.69 Å². The first-order valence-electron chi connectivity index (χ1n) is 6.52. The predicted octanol–water partition coefficient (Wildman–Crippen LogP) is 3.89. The Balaban J connectivity index is 2.20. The van der Waals surface area contributed by atoms with E-state index in [2.05, 4.69) is 32.2 Å². The molecule has 0 amide bonds. The Hall–Kier alpha value is -2.23. The fraction of sp³-hybridized carbons (Fsp3) is 0.312. The van der Waals surface area contributed by atoms with Crippen molar-refractivity contribution in [3.8, 4) is 0 Å². The zero-order valence-electron chi connectivity index (χ0n) is 11.9. The van der Waals surface area contributed by atoms with Crippen LogP contribution in [0.15, 0.2) is 41.0 Å². The second-order valence-electron chi connectivity index (χ2n) is 5.71. The summed E-state index contributed by atoms with van der Waals surface area (Å²) in [5.41, 5.74) is 2.39. The molecule has 2 rings (SSSR count). The Labute approximate surface area is 118 Å². The van der Waals surface area contributed by atoms with Gasteiger partial charge in [-0.25, -0.2) is 4.79 Å². The van der Waals surface area contributed by atoms with Gasteiger partial charge in [-0.1, -0.05) is 39.0 Å². The minimum atomic E-state index is -0.973. The van der Waals surface area contributed by atoms with Crippen LogP contribution in [0.5, 0.6) is 0 Å². The molecule has 106 valence electrons. The maximum Gasteiger partial charge on any atom is 0.339 e. The van der Waals surface area contributed by atoms with Gasteiger partial charge in [0.15, 0.2) is 0 Å². The zero-order valence-corrected chi connectivity index (χ0v) is 11.9. The van der Waals surface area contributed by atoms with E-state index in [1.807, 2.05) is 18.2 Å². The number of furan rings is 1. The summed E-state index contributed by atoms with van der Waals surface area (Å²) in [6.45, 7) is 6.77. The lowest BCUT2D eigenvalue weighted by Crippen LogP contribution is -2.15. The molecule has 0 atom stereocenters. The summed E-state index contributed by atoms with van der Waals surface area (Å²) in [4.78, 5) is 11.0. The Morgan fingerprint density at radius 2 is 1.95 bits per heavy atom. The van der Waals surface area contributed by atoms with Crippen molar-refractivity contribution in [2.45, 2.75) is 32.7 Å². The van der Waals surface area contributed by atoms with E-state index in [4.69, 9.17) is 9.52 Å². The lowest BCUT2D eigenvalue weighted by Gasteiger charge is -2.23. The predicted molar refractivity (Wildman–Crippen MR) is 78.1 cm³/mol. The quantitative estimate of drug-likeness (QED) is 0.887. The summed E-state index contributed by atoms with van der Waals surface area (Å²) in [6.07, 6.45) is 1.40. The highest BCUT2D eigenvalue weighted by molar-refractivity contribution is 5.88. The van der Waals surface area contributed by atoms with Gasteiger partial charge in [-0.3, -0.25) is 0 Å². The molecule has 4 heteroatoms. The molecule has 0 radical (unpaired) electrons. The van der Waals surface area contributed by atoms with Crippen LogP contribution in [0.2, 0.25) is 0 Å². The molecule has 4 nitrogen and oxygen atoms in total. The van der Waals surface area contributed by atoms with Crippen molar-refractivity contribution in [3.05, 3.63) is 53.5 Å². The molecule has 1 heterocycles. The number of carbonyl (C=O) groups is 1. The van der Waals surface area contributed by atoms with Gasteiger partial charge in [-0.15, -0.1) is 0 Å². The topological polar surface area (TPSA) is 62.5 Å². The van der Waals surface area contributed by atoms with Crippen LogP contribution < -0.4 is 5.32 Å². The third kappa shape index (κ3) is 3.02. The second kappa shape index (κ2) is 5.41. The molecule has 0 saturated heterocycles. The van der Waals surface area contributed by atoms with Crippen molar-refractivity contribution in [1.82, 2.24) is 0 Å². The van der Waals surface area contributed by atoms with Gasteiger partial charge in [0.2, 0.25) is 0 Å². The number of carboxylic acid groups (broad SMARTS) is 1. The lowest BCUT2D eigenvalue weighted by molar-refractivity contribution is 0.0694. The molecular formula is C16H19NO3. The molecule has 2 aromatic rings. The van der Waals surface area contributed by atoms with Crippen LogP contribution in [0.25, 0.3) is 0 Å². The minimum Gasteiger partial charge on any atom is -0.478 e. The SMILES string of the molecule is CC(C)(C)c1ccccc1NCc1occc1C(=O)O. The Kier molecular flexibility index (Phi) is 3.84. The van der Waals surface area contributed by atoms with Crippen LogP contribution in [0.1, 0.15) is 42.5 Å². The molecule has 2 N–H and O–H groups in total.